The fourth-order valence-corrected chi connectivity index (χ4v) is 4.06. The summed E-state index contributed by atoms with van der Waals surface area (Å²) in [5.74, 6) is 0.183. The van der Waals surface area contributed by atoms with Crippen LogP contribution >= 0.6 is 11.8 Å². The number of carbonyl (C=O) groups excluding carboxylic acids is 1. The molecule has 0 unspecified atom stereocenters. The lowest BCUT2D eigenvalue weighted by atomic mass is 10.1. The van der Waals surface area contributed by atoms with E-state index in [1.165, 1.54) is 11.8 Å². The molecule has 0 spiro atoms. The Morgan fingerprint density at radius 2 is 1.86 bits per heavy atom. The molecule has 1 aromatic carbocycles. The average molecular weight is 413 g/mol. The largest absolute Gasteiger partial charge is 0.348 e. The van der Waals surface area contributed by atoms with Crippen LogP contribution in [0, 0.1) is 12.8 Å². The lowest BCUT2D eigenvalue weighted by Gasteiger charge is -2.16. The SMILES string of the molecule is CSc1nc2cc(C)n(CC(=O)N[C@@H](C)c3ccccc3)c2c(=O)n1CC(C)C. The Morgan fingerprint density at radius 1 is 1.17 bits per heavy atom. The van der Waals surface area contributed by atoms with Gasteiger partial charge in [0.2, 0.25) is 5.91 Å². The minimum atomic E-state index is -0.134. The zero-order chi connectivity index (χ0) is 21.1. The molecule has 0 aliphatic rings. The molecular weight excluding hydrogens is 384 g/mol. The number of fused-ring (bicyclic) bond motifs is 1. The standard InChI is InChI=1S/C22H28N4O2S/c1-14(2)12-26-21(28)20-18(24-22(26)29-5)11-15(3)25(20)13-19(27)23-16(4)17-9-7-6-8-10-17/h6-11,14,16H,12-13H2,1-5H3,(H,23,27)/t16-/m0/s1. The van der Waals surface area contributed by atoms with Crippen molar-refractivity contribution < 1.29 is 4.79 Å². The summed E-state index contributed by atoms with van der Waals surface area (Å²) in [6.45, 7) is 8.69. The number of rotatable bonds is 7. The third kappa shape index (κ3) is 4.56. The minimum Gasteiger partial charge on any atom is -0.348 e. The number of amides is 1. The average Bonchev–Trinajstić information content (AvgIpc) is 2.99. The van der Waals surface area contributed by atoms with Crippen LogP contribution in [0.4, 0.5) is 0 Å². The number of aromatic nitrogens is 3. The molecule has 1 atom stereocenters. The first-order valence-electron chi connectivity index (χ1n) is 9.80. The molecule has 6 nitrogen and oxygen atoms in total. The van der Waals surface area contributed by atoms with Gasteiger partial charge >= 0.3 is 0 Å². The molecule has 0 radical (unpaired) electrons. The molecule has 0 fully saturated rings. The molecule has 1 amide bonds. The van der Waals surface area contributed by atoms with Crippen LogP contribution in [0.25, 0.3) is 11.0 Å². The molecule has 1 N–H and O–H groups in total. The van der Waals surface area contributed by atoms with Gasteiger partial charge in [-0.3, -0.25) is 14.2 Å². The second kappa shape index (κ2) is 8.86. The number of aryl methyl sites for hydroxylation is 1. The van der Waals surface area contributed by atoms with Crippen LogP contribution in [0.2, 0.25) is 0 Å². The van der Waals surface area contributed by atoms with Crippen molar-refractivity contribution in [1.29, 1.82) is 0 Å². The Hall–Kier alpha value is -2.54. The number of benzene rings is 1. The zero-order valence-corrected chi connectivity index (χ0v) is 18.4. The third-order valence-corrected chi connectivity index (χ3v) is 5.56. The van der Waals surface area contributed by atoms with Crippen molar-refractivity contribution in [2.75, 3.05) is 6.26 Å². The maximum absolute atomic E-state index is 13.3. The van der Waals surface area contributed by atoms with Crippen LogP contribution in [0.3, 0.4) is 0 Å². The van der Waals surface area contributed by atoms with Crippen LogP contribution in [0.1, 0.15) is 38.1 Å². The molecule has 2 heterocycles. The fraction of sp³-hybridized carbons (Fsp3) is 0.409. The van der Waals surface area contributed by atoms with Gasteiger partial charge in [0.1, 0.15) is 12.1 Å². The van der Waals surface area contributed by atoms with Gasteiger partial charge in [-0.2, -0.15) is 0 Å². The monoisotopic (exact) mass is 412 g/mol. The molecule has 0 aliphatic heterocycles. The topological polar surface area (TPSA) is 68.9 Å². The zero-order valence-electron chi connectivity index (χ0n) is 17.6. The summed E-state index contributed by atoms with van der Waals surface area (Å²) < 4.78 is 3.50. The van der Waals surface area contributed by atoms with Gasteiger partial charge in [-0.15, -0.1) is 0 Å². The number of hydrogen-bond acceptors (Lipinski definition) is 4. The van der Waals surface area contributed by atoms with Gasteiger partial charge in [-0.05, 0) is 37.7 Å². The molecule has 7 heteroatoms. The van der Waals surface area contributed by atoms with E-state index in [2.05, 4.69) is 24.1 Å². The van der Waals surface area contributed by atoms with Gasteiger partial charge in [-0.1, -0.05) is 55.9 Å². The van der Waals surface area contributed by atoms with Crippen LogP contribution in [-0.4, -0.2) is 26.3 Å². The minimum absolute atomic E-state index is 0.0870. The molecule has 3 aromatic rings. The van der Waals surface area contributed by atoms with E-state index in [0.717, 1.165) is 11.3 Å². The van der Waals surface area contributed by atoms with Gasteiger partial charge in [0.05, 0.1) is 11.6 Å². The van der Waals surface area contributed by atoms with Gasteiger partial charge in [-0.25, -0.2) is 4.98 Å². The normalized spacial score (nSPS) is 12.5. The first-order chi connectivity index (χ1) is 13.8. The number of nitrogens with one attached hydrogen (secondary N) is 1. The first kappa shape index (κ1) is 21.2. The Kier molecular flexibility index (Phi) is 6.47. The Labute approximate surface area is 175 Å². The molecule has 2 aromatic heterocycles. The summed E-state index contributed by atoms with van der Waals surface area (Å²) in [7, 11) is 0. The third-order valence-electron chi connectivity index (χ3n) is 4.89. The lowest BCUT2D eigenvalue weighted by Crippen LogP contribution is -2.32. The van der Waals surface area contributed by atoms with Crippen molar-refractivity contribution in [1.82, 2.24) is 19.4 Å². The number of nitrogens with zero attached hydrogens (tertiary/aromatic N) is 3. The first-order valence-corrected chi connectivity index (χ1v) is 11.0. The Bertz CT molecular complexity index is 1070. The molecule has 0 aliphatic carbocycles. The van der Waals surface area contributed by atoms with Gasteiger partial charge in [0.25, 0.3) is 5.56 Å². The molecular formula is C22H28N4O2S. The van der Waals surface area contributed by atoms with Crippen LogP contribution in [0.15, 0.2) is 46.3 Å². The highest BCUT2D eigenvalue weighted by molar-refractivity contribution is 7.98. The smallest absolute Gasteiger partial charge is 0.278 e. The molecule has 0 bridgehead atoms. The van der Waals surface area contributed by atoms with Gasteiger partial charge < -0.3 is 9.88 Å². The predicted molar refractivity (Wildman–Crippen MR) is 118 cm³/mol. The molecule has 3 rings (SSSR count). The van der Waals surface area contributed by atoms with Crippen LogP contribution in [-0.2, 0) is 17.9 Å². The lowest BCUT2D eigenvalue weighted by molar-refractivity contribution is -0.122. The van der Waals surface area contributed by atoms with Crippen LogP contribution < -0.4 is 10.9 Å². The maximum Gasteiger partial charge on any atom is 0.278 e. The molecule has 0 saturated carbocycles. The highest BCUT2D eigenvalue weighted by Gasteiger charge is 2.19. The van der Waals surface area contributed by atoms with E-state index in [1.807, 2.05) is 56.5 Å². The number of hydrogen-bond donors (Lipinski definition) is 1. The van der Waals surface area contributed by atoms with Gasteiger partial charge in [0, 0.05) is 12.2 Å². The van der Waals surface area contributed by atoms with E-state index in [0.29, 0.717) is 28.7 Å². The second-order valence-corrected chi connectivity index (χ2v) is 8.49. The highest BCUT2D eigenvalue weighted by atomic mass is 32.2. The van der Waals surface area contributed by atoms with Gasteiger partial charge in [0.15, 0.2) is 5.16 Å². The maximum atomic E-state index is 13.3. The van der Waals surface area contributed by atoms with Crippen molar-refractivity contribution in [3.05, 3.63) is 58.0 Å². The van der Waals surface area contributed by atoms with Crippen molar-refractivity contribution in [2.24, 2.45) is 5.92 Å². The van der Waals surface area contributed by atoms with E-state index in [1.54, 1.807) is 9.13 Å². The summed E-state index contributed by atoms with van der Waals surface area (Å²) in [4.78, 5) is 30.7. The summed E-state index contributed by atoms with van der Waals surface area (Å²) in [5.41, 5.74) is 2.93. The predicted octanol–water partition coefficient (Wildman–Crippen LogP) is 3.76. The van der Waals surface area contributed by atoms with Crippen molar-refractivity contribution >= 4 is 28.7 Å². The van der Waals surface area contributed by atoms with Crippen molar-refractivity contribution in [2.45, 2.75) is 52.0 Å². The van der Waals surface area contributed by atoms with Crippen molar-refractivity contribution in [3.63, 3.8) is 0 Å². The second-order valence-electron chi connectivity index (χ2n) is 7.71. The number of thioether (sulfide) groups is 1. The Morgan fingerprint density at radius 3 is 2.48 bits per heavy atom. The van der Waals surface area contributed by atoms with E-state index in [-0.39, 0.29) is 24.1 Å². The van der Waals surface area contributed by atoms with E-state index in [9.17, 15) is 9.59 Å². The van der Waals surface area contributed by atoms with E-state index in [4.69, 9.17) is 0 Å². The summed E-state index contributed by atoms with van der Waals surface area (Å²) >= 11 is 1.46. The Balaban J connectivity index is 1.94. The van der Waals surface area contributed by atoms with Crippen LogP contribution in [0.5, 0.6) is 0 Å². The molecule has 0 saturated heterocycles. The number of carbonyl (C=O) groups is 1. The van der Waals surface area contributed by atoms with Crippen molar-refractivity contribution in [3.8, 4) is 0 Å². The van der Waals surface area contributed by atoms with E-state index >= 15 is 0 Å². The fourth-order valence-electron chi connectivity index (χ4n) is 3.49. The highest BCUT2D eigenvalue weighted by Crippen LogP contribution is 2.20. The summed E-state index contributed by atoms with van der Waals surface area (Å²) in [5, 5.41) is 3.73. The van der Waals surface area contributed by atoms with E-state index < -0.39 is 0 Å². The summed E-state index contributed by atoms with van der Waals surface area (Å²) in [6, 6.07) is 11.6. The molecule has 29 heavy (non-hydrogen) atoms. The quantitative estimate of drug-likeness (QED) is 0.474. The summed E-state index contributed by atoms with van der Waals surface area (Å²) in [6.07, 6.45) is 1.92. The molecule has 154 valence electrons.